The highest BCUT2D eigenvalue weighted by molar-refractivity contribution is 5.64. The second-order valence-electron chi connectivity index (χ2n) is 5.22. The number of nitrogens with one attached hydrogen (secondary N) is 1. The summed E-state index contributed by atoms with van der Waals surface area (Å²) in [6.07, 6.45) is 2.87. The average Bonchev–Trinajstić information content (AvgIpc) is 3.09. The van der Waals surface area contributed by atoms with Crippen LogP contribution >= 0.6 is 0 Å². The van der Waals surface area contributed by atoms with E-state index in [0.717, 1.165) is 11.3 Å². The summed E-state index contributed by atoms with van der Waals surface area (Å²) in [7, 11) is 0. The quantitative estimate of drug-likeness (QED) is 0.592. The summed E-state index contributed by atoms with van der Waals surface area (Å²) in [6.45, 7) is 7.90. The molecule has 0 fully saturated rings. The van der Waals surface area contributed by atoms with Gasteiger partial charge in [-0.15, -0.1) is 0 Å². The molecule has 3 aromatic rings. The van der Waals surface area contributed by atoms with Gasteiger partial charge in [-0.25, -0.2) is 4.39 Å². The highest BCUT2D eigenvalue weighted by atomic mass is 19.1. The minimum atomic E-state index is -0.172. The number of hydrogen-bond acceptors (Lipinski definition) is 1. The van der Waals surface area contributed by atoms with Crippen LogP contribution in [0.4, 0.5) is 4.39 Å². The van der Waals surface area contributed by atoms with Crippen molar-refractivity contribution in [1.29, 1.82) is 0 Å². The minimum Gasteiger partial charge on any atom is -0.278 e. The molecule has 0 aliphatic carbocycles. The first-order valence-corrected chi connectivity index (χ1v) is 7.87. The molecular formula is C20H25FN2. The summed E-state index contributed by atoms with van der Waals surface area (Å²) in [5, 5.41) is 6.59. The second kappa shape index (κ2) is 10.3. The molecule has 0 saturated heterocycles. The molecular weight excluding hydrogens is 287 g/mol. The van der Waals surface area contributed by atoms with Crippen molar-refractivity contribution < 1.29 is 4.39 Å². The molecule has 0 radical (unpaired) electrons. The topological polar surface area (TPSA) is 28.7 Å². The number of aromatic nitrogens is 2. The average molecular weight is 312 g/mol. The zero-order chi connectivity index (χ0) is 17.1. The molecule has 3 rings (SSSR count). The lowest BCUT2D eigenvalue weighted by Gasteiger charge is -2.06. The Morgan fingerprint density at radius 3 is 1.78 bits per heavy atom. The van der Waals surface area contributed by atoms with Gasteiger partial charge < -0.3 is 0 Å². The van der Waals surface area contributed by atoms with Crippen molar-refractivity contribution in [3.8, 4) is 11.3 Å². The molecule has 2 aromatic carbocycles. The van der Waals surface area contributed by atoms with Gasteiger partial charge in [-0.05, 0) is 31.0 Å². The molecule has 0 aliphatic rings. The summed E-state index contributed by atoms with van der Waals surface area (Å²) in [5.74, 6) is -0.172. The molecule has 1 N–H and O–H groups in total. The van der Waals surface area contributed by atoms with Gasteiger partial charge in [0.2, 0.25) is 0 Å². The molecule has 0 spiro atoms. The van der Waals surface area contributed by atoms with Gasteiger partial charge in [0.25, 0.3) is 0 Å². The highest BCUT2D eigenvalue weighted by Crippen LogP contribution is 2.26. The van der Waals surface area contributed by atoms with Crippen LogP contribution in [0.15, 0.2) is 60.8 Å². The van der Waals surface area contributed by atoms with Crippen molar-refractivity contribution >= 4 is 0 Å². The van der Waals surface area contributed by atoms with Gasteiger partial charge in [0.15, 0.2) is 0 Å². The summed E-state index contributed by atoms with van der Waals surface area (Å²) in [4.78, 5) is 0. The lowest BCUT2D eigenvalue weighted by atomic mass is 10.0. The highest BCUT2D eigenvalue weighted by Gasteiger charge is 2.11. The zero-order valence-corrected chi connectivity index (χ0v) is 14.3. The number of aryl methyl sites for hydroxylation is 2. The van der Waals surface area contributed by atoms with Gasteiger partial charge in [0, 0.05) is 11.8 Å². The van der Waals surface area contributed by atoms with E-state index in [2.05, 4.69) is 24.0 Å². The van der Waals surface area contributed by atoms with E-state index in [0.29, 0.717) is 11.1 Å². The van der Waals surface area contributed by atoms with Crippen molar-refractivity contribution in [2.75, 3.05) is 0 Å². The Balaban J connectivity index is 0.000000244. The molecule has 1 heterocycles. The Bertz CT molecular complexity index is 635. The molecule has 0 aliphatic heterocycles. The van der Waals surface area contributed by atoms with Crippen LogP contribution in [0.25, 0.3) is 11.3 Å². The summed E-state index contributed by atoms with van der Waals surface area (Å²) in [5.41, 5.74) is 2.91. The first-order chi connectivity index (χ1) is 11.1. The van der Waals surface area contributed by atoms with Crippen LogP contribution in [0.5, 0.6) is 0 Å². The normalized spacial score (nSPS) is 9.26. The second-order valence-corrected chi connectivity index (χ2v) is 5.22. The molecule has 0 unspecified atom stereocenters. The van der Waals surface area contributed by atoms with E-state index >= 15 is 0 Å². The standard InChI is InChI=1S/C11H11FN2.C6H6.C3H8/c1-7-3-4-8(2)11(12)10(7)9-5-6-13-14-9;1-2-4-6-5-3-1;1-3-2/h3-6H,1-2H3,(H,13,14);1-6H;3H2,1-2H3. The summed E-state index contributed by atoms with van der Waals surface area (Å²) in [6, 6.07) is 17.5. The third-order valence-electron chi connectivity index (χ3n) is 2.98. The van der Waals surface area contributed by atoms with Crippen LogP contribution in [0.1, 0.15) is 31.4 Å². The van der Waals surface area contributed by atoms with Crippen LogP contribution in [-0.4, -0.2) is 10.2 Å². The number of aromatic amines is 1. The van der Waals surface area contributed by atoms with Gasteiger partial charge in [0.05, 0.1) is 5.69 Å². The monoisotopic (exact) mass is 312 g/mol. The van der Waals surface area contributed by atoms with E-state index in [-0.39, 0.29) is 5.82 Å². The molecule has 0 atom stereocenters. The maximum Gasteiger partial charge on any atom is 0.135 e. The minimum absolute atomic E-state index is 0.172. The van der Waals surface area contributed by atoms with E-state index in [1.54, 1.807) is 25.3 Å². The summed E-state index contributed by atoms with van der Waals surface area (Å²) >= 11 is 0. The van der Waals surface area contributed by atoms with E-state index in [4.69, 9.17) is 0 Å². The maximum absolute atomic E-state index is 13.8. The van der Waals surface area contributed by atoms with Crippen LogP contribution in [0.2, 0.25) is 0 Å². The fraction of sp³-hybridized carbons (Fsp3) is 0.250. The van der Waals surface area contributed by atoms with Gasteiger partial charge >= 0.3 is 0 Å². The van der Waals surface area contributed by atoms with Crippen LogP contribution in [0.3, 0.4) is 0 Å². The zero-order valence-electron chi connectivity index (χ0n) is 14.3. The largest absolute Gasteiger partial charge is 0.278 e. The lowest BCUT2D eigenvalue weighted by molar-refractivity contribution is 0.620. The van der Waals surface area contributed by atoms with E-state index in [1.165, 1.54) is 6.42 Å². The van der Waals surface area contributed by atoms with Gasteiger partial charge in [-0.2, -0.15) is 5.10 Å². The Morgan fingerprint density at radius 1 is 0.870 bits per heavy atom. The SMILES string of the molecule is CCC.Cc1ccc(C)c(-c2ccn[nH]2)c1F.c1ccccc1. The van der Waals surface area contributed by atoms with Crippen molar-refractivity contribution in [3.05, 3.63) is 77.7 Å². The number of rotatable bonds is 1. The van der Waals surface area contributed by atoms with Gasteiger partial charge in [-0.3, -0.25) is 5.10 Å². The third kappa shape index (κ3) is 6.07. The molecule has 0 bridgehead atoms. The number of hydrogen-bond donors (Lipinski definition) is 1. The Kier molecular flexibility index (Phi) is 8.37. The fourth-order valence-electron chi connectivity index (χ4n) is 1.89. The Labute approximate surface area is 138 Å². The predicted molar refractivity (Wildman–Crippen MR) is 95.9 cm³/mol. The molecule has 2 nitrogen and oxygen atoms in total. The molecule has 0 amide bonds. The molecule has 3 heteroatoms. The summed E-state index contributed by atoms with van der Waals surface area (Å²) < 4.78 is 13.8. The van der Waals surface area contributed by atoms with E-state index in [1.807, 2.05) is 49.4 Å². The van der Waals surface area contributed by atoms with Crippen LogP contribution in [-0.2, 0) is 0 Å². The maximum atomic E-state index is 13.8. The Hall–Kier alpha value is -2.42. The first kappa shape index (κ1) is 18.6. The number of H-pyrrole nitrogens is 1. The lowest BCUT2D eigenvalue weighted by Crippen LogP contribution is -1.92. The van der Waals surface area contributed by atoms with Gasteiger partial charge in [0.1, 0.15) is 5.82 Å². The van der Waals surface area contributed by atoms with E-state index in [9.17, 15) is 4.39 Å². The van der Waals surface area contributed by atoms with E-state index < -0.39 is 0 Å². The molecule has 122 valence electrons. The van der Waals surface area contributed by atoms with Crippen LogP contribution < -0.4 is 0 Å². The first-order valence-electron chi connectivity index (χ1n) is 7.87. The fourth-order valence-corrected chi connectivity index (χ4v) is 1.89. The van der Waals surface area contributed by atoms with Crippen molar-refractivity contribution in [1.82, 2.24) is 10.2 Å². The number of halogens is 1. The smallest absolute Gasteiger partial charge is 0.135 e. The molecule has 23 heavy (non-hydrogen) atoms. The van der Waals surface area contributed by atoms with Gasteiger partial charge in [-0.1, -0.05) is 68.8 Å². The molecule has 1 aromatic heterocycles. The van der Waals surface area contributed by atoms with Crippen molar-refractivity contribution in [2.24, 2.45) is 0 Å². The van der Waals surface area contributed by atoms with Crippen molar-refractivity contribution in [2.45, 2.75) is 34.1 Å². The molecule has 0 saturated carbocycles. The number of nitrogens with zero attached hydrogens (tertiary/aromatic N) is 1. The number of benzene rings is 2. The third-order valence-corrected chi connectivity index (χ3v) is 2.98. The Morgan fingerprint density at radius 2 is 1.35 bits per heavy atom. The predicted octanol–water partition coefficient (Wildman–Crippen LogP) is 5.94. The van der Waals surface area contributed by atoms with Crippen LogP contribution in [0, 0.1) is 19.7 Å². The van der Waals surface area contributed by atoms with Crippen molar-refractivity contribution in [3.63, 3.8) is 0 Å².